The van der Waals surface area contributed by atoms with Crippen molar-refractivity contribution >= 4 is 26.0 Å². The third-order valence-electron chi connectivity index (χ3n) is 2.75. The number of hydrogen-bond acceptors (Lipinski definition) is 3. The Hall–Kier alpha value is -1.37. The van der Waals surface area contributed by atoms with Crippen LogP contribution in [0.4, 0.5) is 0 Å². The predicted molar refractivity (Wildman–Crippen MR) is 81.2 cm³/mol. The van der Waals surface area contributed by atoms with Gasteiger partial charge >= 0.3 is 0 Å². The number of halogens is 1. The molecule has 6 heteroatoms. The molecular formula is C14H14BrNO3S. The van der Waals surface area contributed by atoms with Gasteiger partial charge in [0.2, 0.25) is 10.0 Å². The minimum atomic E-state index is -3.51. The zero-order valence-electron chi connectivity index (χ0n) is 10.8. The van der Waals surface area contributed by atoms with Crippen molar-refractivity contribution in [3.8, 4) is 5.75 Å². The lowest BCUT2D eigenvalue weighted by Crippen LogP contribution is -2.23. The Bertz CT molecular complexity index is 667. The SMILES string of the molecule is COc1ccc(S(=O)(=O)NCc2ccc(Br)cc2)cc1. The molecule has 0 aromatic heterocycles. The van der Waals surface area contributed by atoms with Gasteiger partial charge in [-0.25, -0.2) is 13.1 Å². The van der Waals surface area contributed by atoms with Gasteiger partial charge in [-0.1, -0.05) is 28.1 Å². The van der Waals surface area contributed by atoms with E-state index in [2.05, 4.69) is 20.7 Å². The number of ether oxygens (including phenoxy) is 1. The van der Waals surface area contributed by atoms with Crippen LogP contribution in [0.5, 0.6) is 5.75 Å². The first-order valence-corrected chi connectivity index (χ1v) is 8.17. The molecule has 1 N–H and O–H groups in total. The van der Waals surface area contributed by atoms with Crippen molar-refractivity contribution in [2.45, 2.75) is 11.4 Å². The normalized spacial score (nSPS) is 11.3. The largest absolute Gasteiger partial charge is 0.497 e. The molecule has 106 valence electrons. The first-order chi connectivity index (χ1) is 9.51. The molecule has 2 rings (SSSR count). The summed E-state index contributed by atoms with van der Waals surface area (Å²) < 4.78 is 32.7. The van der Waals surface area contributed by atoms with Crippen LogP contribution in [0.15, 0.2) is 57.9 Å². The van der Waals surface area contributed by atoms with Crippen LogP contribution < -0.4 is 9.46 Å². The Morgan fingerprint density at radius 2 is 1.65 bits per heavy atom. The molecule has 0 heterocycles. The number of methoxy groups -OCH3 is 1. The van der Waals surface area contributed by atoms with E-state index in [1.807, 2.05) is 24.3 Å². The Kier molecular flexibility index (Phi) is 4.80. The molecule has 0 fully saturated rings. The lowest BCUT2D eigenvalue weighted by molar-refractivity contribution is 0.414. The summed E-state index contributed by atoms with van der Waals surface area (Å²) in [6.45, 7) is 0.252. The van der Waals surface area contributed by atoms with Crippen LogP contribution in [0.2, 0.25) is 0 Å². The molecule has 0 radical (unpaired) electrons. The predicted octanol–water partition coefficient (Wildman–Crippen LogP) is 2.94. The highest BCUT2D eigenvalue weighted by Gasteiger charge is 2.13. The van der Waals surface area contributed by atoms with E-state index >= 15 is 0 Å². The first kappa shape index (κ1) is 15.0. The standard InChI is InChI=1S/C14H14BrNO3S/c1-19-13-6-8-14(9-7-13)20(17,18)16-10-11-2-4-12(15)5-3-11/h2-9,16H,10H2,1H3. The highest BCUT2D eigenvalue weighted by atomic mass is 79.9. The van der Waals surface area contributed by atoms with Gasteiger partial charge in [0.05, 0.1) is 12.0 Å². The van der Waals surface area contributed by atoms with Crippen LogP contribution in [0.1, 0.15) is 5.56 Å². The third kappa shape index (κ3) is 3.82. The monoisotopic (exact) mass is 355 g/mol. The molecule has 0 aliphatic rings. The summed E-state index contributed by atoms with van der Waals surface area (Å²) in [7, 11) is -1.97. The zero-order valence-corrected chi connectivity index (χ0v) is 13.2. The summed E-state index contributed by atoms with van der Waals surface area (Å²) in [6.07, 6.45) is 0. The van der Waals surface area contributed by atoms with Crippen LogP contribution in [0, 0.1) is 0 Å². The van der Waals surface area contributed by atoms with Crippen molar-refractivity contribution in [3.63, 3.8) is 0 Å². The smallest absolute Gasteiger partial charge is 0.240 e. The van der Waals surface area contributed by atoms with Gasteiger partial charge in [0.1, 0.15) is 5.75 Å². The van der Waals surface area contributed by atoms with Gasteiger partial charge in [0.15, 0.2) is 0 Å². The maximum Gasteiger partial charge on any atom is 0.240 e. The van der Waals surface area contributed by atoms with Crippen LogP contribution >= 0.6 is 15.9 Å². The summed E-state index contributed by atoms with van der Waals surface area (Å²) >= 11 is 3.34. The van der Waals surface area contributed by atoms with Gasteiger partial charge in [0.25, 0.3) is 0 Å². The second-order valence-corrected chi connectivity index (χ2v) is 6.81. The van der Waals surface area contributed by atoms with E-state index in [-0.39, 0.29) is 11.4 Å². The minimum absolute atomic E-state index is 0.218. The van der Waals surface area contributed by atoms with Gasteiger partial charge in [0, 0.05) is 11.0 Å². The fourth-order valence-electron chi connectivity index (χ4n) is 1.62. The Balaban J connectivity index is 2.08. The van der Waals surface area contributed by atoms with Gasteiger partial charge in [-0.05, 0) is 42.0 Å². The Morgan fingerprint density at radius 3 is 2.20 bits per heavy atom. The van der Waals surface area contributed by atoms with E-state index in [1.165, 1.54) is 19.2 Å². The van der Waals surface area contributed by atoms with E-state index in [4.69, 9.17) is 4.74 Å². The van der Waals surface area contributed by atoms with Crippen molar-refractivity contribution in [1.82, 2.24) is 4.72 Å². The summed E-state index contributed by atoms with van der Waals surface area (Å²) in [6, 6.07) is 13.7. The molecule has 4 nitrogen and oxygen atoms in total. The lowest BCUT2D eigenvalue weighted by atomic mass is 10.2. The molecule has 0 unspecified atom stereocenters. The average molecular weight is 356 g/mol. The molecule has 0 spiro atoms. The summed E-state index contributed by atoms with van der Waals surface area (Å²) in [5.41, 5.74) is 0.894. The fourth-order valence-corrected chi connectivity index (χ4v) is 2.90. The summed E-state index contributed by atoms with van der Waals surface area (Å²) in [5.74, 6) is 0.622. The van der Waals surface area contributed by atoms with Crippen molar-refractivity contribution < 1.29 is 13.2 Å². The molecule has 2 aromatic carbocycles. The number of hydrogen-bond donors (Lipinski definition) is 1. The van der Waals surface area contributed by atoms with Gasteiger partial charge < -0.3 is 4.74 Å². The average Bonchev–Trinajstić information content (AvgIpc) is 2.47. The van der Waals surface area contributed by atoms with E-state index in [0.29, 0.717) is 5.75 Å². The van der Waals surface area contributed by atoms with Crippen LogP contribution in [-0.2, 0) is 16.6 Å². The third-order valence-corrected chi connectivity index (χ3v) is 4.70. The maximum absolute atomic E-state index is 12.1. The molecule has 0 atom stereocenters. The number of rotatable bonds is 5. The van der Waals surface area contributed by atoms with Crippen LogP contribution in [0.25, 0.3) is 0 Å². The van der Waals surface area contributed by atoms with E-state index < -0.39 is 10.0 Å². The molecule has 0 amide bonds. The van der Waals surface area contributed by atoms with Crippen molar-refractivity contribution in [3.05, 3.63) is 58.6 Å². The minimum Gasteiger partial charge on any atom is -0.497 e. The lowest BCUT2D eigenvalue weighted by Gasteiger charge is -2.07. The van der Waals surface area contributed by atoms with Crippen molar-refractivity contribution in [2.75, 3.05) is 7.11 Å². The fraction of sp³-hybridized carbons (Fsp3) is 0.143. The summed E-state index contributed by atoms with van der Waals surface area (Å²) in [4.78, 5) is 0.218. The first-order valence-electron chi connectivity index (χ1n) is 5.89. The summed E-state index contributed by atoms with van der Waals surface area (Å²) in [5, 5.41) is 0. The van der Waals surface area contributed by atoms with Gasteiger partial charge in [-0.2, -0.15) is 0 Å². The zero-order chi connectivity index (χ0) is 14.6. The van der Waals surface area contributed by atoms with Crippen LogP contribution in [0.3, 0.4) is 0 Å². The van der Waals surface area contributed by atoms with Gasteiger partial charge in [-0.15, -0.1) is 0 Å². The molecular weight excluding hydrogens is 342 g/mol. The quantitative estimate of drug-likeness (QED) is 0.896. The highest BCUT2D eigenvalue weighted by Crippen LogP contribution is 2.16. The molecule has 0 bridgehead atoms. The number of nitrogens with one attached hydrogen (secondary N) is 1. The van der Waals surface area contributed by atoms with E-state index in [0.717, 1.165) is 10.0 Å². The number of benzene rings is 2. The van der Waals surface area contributed by atoms with E-state index in [9.17, 15) is 8.42 Å². The number of sulfonamides is 1. The molecule has 20 heavy (non-hydrogen) atoms. The molecule has 0 aliphatic heterocycles. The Labute approximate surface area is 127 Å². The Morgan fingerprint density at radius 1 is 1.05 bits per heavy atom. The molecule has 0 saturated carbocycles. The molecule has 0 aliphatic carbocycles. The maximum atomic E-state index is 12.1. The van der Waals surface area contributed by atoms with Crippen molar-refractivity contribution in [1.29, 1.82) is 0 Å². The highest BCUT2D eigenvalue weighted by molar-refractivity contribution is 9.10. The molecule has 0 saturated heterocycles. The second-order valence-electron chi connectivity index (χ2n) is 4.13. The van der Waals surface area contributed by atoms with E-state index in [1.54, 1.807) is 12.1 Å². The van der Waals surface area contributed by atoms with Crippen LogP contribution in [-0.4, -0.2) is 15.5 Å². The molecule has 2 aromatic rings. The van der Waals surface area contributed by atoms with Gasteiger partial charge in [-0.3, -0.25) is 0 Å². The second kappa shape index (κ2) is 6.39. The topological polar surface area (TPSA) is 55.4 Å². The van der Waals surface area contributed by atoms with Crippen molar-refractivity contribution in [2.24, 2.45) is 0 Å².